The van der Waals surface area contributed by atoms with Crippen molar-refractivity contribution in [1.82, 2.24) is 20.1 Å². The zero-order chi connectivity index (χ0) is 21.5. The van der Waals surface area contributed by atoms with Gasteiger partial charge in [-0.3, -0.25) is 9.88 Å². The van der Waals surface area contributed by atoms with Gasteiger partial charge in [0, 0.05) is 69.4 Å². The highest BCUT2D eigenvalue weighted by Gasteiger charge is 2.29. The normalized spacial score (nSPS) is 22.0. The Morgan fingerprint density at radius 3 is 3.00 bits per heavy atom. The number of fused-ring (bicyclic) bond motifs is 2. The van der Waals surface area contributed by atoms with Crippen molar-refractivity contribution >= 4 is 38.0 Å². The summed E-state index contributed by atoms with van der Waals surface area (Å²) in [5, 5.41) is 16.9. The fourth-order valence-electron chi connectivity index (χ4n) is 4.92. The van der Waals surface area contributed by atoms with E-state index in [0.717, 1.165) is 78.1 Å². The summed E-state index contributed by atoms with van der Waals surface area (Å²) in [6.45, 7) is 3.82. The molecule has 3 aromatic heterocycles. The standard InChI is InChI=1S/C24H24FN5OS/c25-21-14-32-22-10-15(3-4-19(21)22)23-18-5-7-26-11-20(18)24(29-28-23)27-16-2-1-8-30(12-16)17-6-9-31-13-17/h3-5,7,10-11,14,16-17H,1-2,6,8-9,12-13H2,(H,27,29)/t16-,17?/m1/s1. The summed E-state index contributed by atoms with van der Waals surface area (Å²) in [4.78, 5) is 6.90. The van der Waals surface area contributed by atoms with Gasteiger partial charge in [-0.1, -0.05) is 6.07 Å². The molecule has 1 aromatic carbocycles. The van der Waals surface area contributed by atoms with Crippen LogP contribution in [-0.2, 0) is 4.74 Å². The van der Waals surface area contributed by atoms with Crippen molar-refractivity contribution in [3.05, 3.63) is 47.9 Å². The van der Waals surface area contributed by atoms with Gasteiger partial charge in [-0.05, 0) is 44.0 Å². The van der Waals surface area contributed by atoms with Crippen LogP contribution in [0, 0.1) is 5.82 Å². The zero-order valence-electron chi connectivity index (χ0n) is 17.6. The molecule has 4 aromatic rings. The number of piperidine rings is 1. The van der Waals surface area contributed by atoms with Gasteiger partial charge in [0.25, 0.3) is 0 Å². The first kappa shape index (κ1) is 20.0. The van der Waals surface area contributed by atoms with Crippen LogP contribution in [0.4, 0.5) is 10.2 Å². The van der Waals surface area contributed by atoms with Crippen LogP contribution in [0.25, 0.3) is 32.1 Å². The Morgan fingerprint density at radius 2 is 2.09 bits per heavy atom. The number of pyridine rings is 1. The highest BCUT2D eigenvalue weighted by molar-refractivity contribution is 7.17. The third kappa shape index (κ3) is 3.62. The van der Waals surface area contributed by atoms with Crippen LogP contribution in [0.15, 0.2) is 42.0 Å². The first-order valence-electron chi connectivity index (χ1n) is 11.1. The molecule has 0 aliphatic carbocycles. The number of rotatable bonds is 4. The summed E-state index contributed by atoms with van der Waals surface area (Å²) in [6, 6.07) is 8.55. The summed E-state index contributed by atoms with van der Waals surface area (Å²) < 4.78 is 20.4. The SMILES string of the molecule is Fc1csc2cc(-c3nnc(N[C@@H]4CCCN(C5CCOC5)C4)c4cnccc34)ccc12. The predicted molar refractivity (Wildman–Crippen MR) is 126 cm³/mol. The lowest BCUT2D eigenvalue weighted by Gasteiger charge is -2.36. The van der Waals surface area contributed by atoms with Crippen molar-refractivity contribution in [1.29, 1.82) is 0 Å². The Kier molecular flexibility index (Phi) is 5.21. The Morgan fingerprint density at radius 1 is 1.12 bits per heavy atom. The van der Waals surface area contributed by atoms with Crippen molar-refractivity contribution in [3.8, 4) is 11.3 Å². The number of ether oxygens (including phenoxy) is 1. The van der Waals surface area contributed by atoms with E-state index < -0.39 is 0 Å². The van der Waals surface area contributed by atoms with Gasteiger partial charge in [-0.25, -0.2) is 4.39 Å². The first-order chi connectivity index (χ1) is 15.8. The molecule has 1 unspecified atom stereocenters. The average molecular weight is 450 g/mol. The number of halogens is 1. The number of benzene rings is 1. The summed E-state index contributed by atoms with van der Waals surface area (Å²) in [6.07, 6.45) is 7.02. The van der Waals surface area contributed by atoms with E-state index in [0.29, 0.717) is 17.5 Å². The molecule has 2 saturated heterocycles. The Labute approximate surface area is 189 Å². The number of hydrogen-bond donors (Lipinski definition) is 1. The monoisotopic (exact) mass is 449 g/mol. The van der Waals surface area contributed by atoms with Crippen molar-refractivity contribution in [2.24, 2.45) is 0 Å². The second-order valence-corrected chi connectivity index (χ2v) is 9.52. The number of likely N-dealkylation sites (tertiary alicyclic amines) is 1. The molecule has 0 radical (unpaired) electrons. The molecule has 2 aliphatic heterocycles. The second kappa shape index (κ2) is 8.35. The lowest BCUT2D eigenvalue weighted by molar-refractivity contribution is 0.123. The molecule has 1 N–H and O–H groups in total. The molecule has 2 fully saturated rings. The zero-order valence-corrected chi connectivity index (χ0v) is 18.4. The first-order valence-corrected chi connectivity index (χ1v) is 12.0. The number of nitrogens with one attached hydrogen (secondary N) is 1. The fourth-order valence-corrected chi connectivity index (χ4v) is 5.76. The van der Waals surface area contributed by atoms with Gasteiger partial charge >= 0.3 is 0 Å². The molecule has 8 heteroatoms. The lowest BCUT2D eigenvalue weighted by Crippen LogP contribution is -2.47. The molecule has 0 spiro atoms. The Balaban J connectivity index is 1.31. The van der Waals surface area contributed by atoms with Crippen molar-refractivity contribution in [3.63, 3.8) is 0 Å². The molecule has 0 bridgehead atoms. The largest absolute Gasteiger partial charge is 0.380 e. The van der Waals surface area contributed by atoms with Crippen LogP contribution in [0.2, 0.25) is 0 Å². The molecule has 32 heavy (non-hydrogen) atoms. The fraction of sp³-hybridized carbons (Fsp3) is 0.375. The van der Waals surface area contributed by atoms with E-state index in [-0.39, 0.29) is 5.82 Å². The summed E-state index contributed by atoms with van der Waals surface area (Å²) >= 11 is 1.40. The van der Waals surface area contributed by atoms with Crippen molar-refractivity contribution < 1.29 is 9.13 Å². The van der Waals surface area contributed by atoms with Gasteiger partial charge in [0.15, 0.2) is 5.82 Å². The van der Waals surface area contributed by atoms with Gasteiger partial charge in [-0.15, -0.1) is 21.5 Å². The number of aromatic nitrogens is 3. The van der Waals surface area contributed by atoms with Crippen LogP contribution in [0.1, 0.15) is 19.3 Å². The van der Waals surface area contributed by atoms with E-state index in [4.69, 9.17) is 4.74 Å². The van der Waals surface area contributed by atoms with Crippen LogP contribution >= 0.6 is 11.3 Å². The van der Waals surface area contributed by atoms with Crippen LogP contribution in [0.3, 0.4) is 0 Å². The summed E-state index contributed by atoms with van der Waals surface area (Å²) in [5.41, 5.74) is 1.72. The highest BCUT2D eigenvalue weighted by atomic mass is 32.1. The minimum absolute atomic E-state index is 0.179. The maximum absolute atomic E-state index is 13.9. The topological polar surface area (TPSA) is 63.2 Å². The van der Waals surface area contributed by atoms with Gasteiger partial charge < -0.3 is 10.1 Å². The van der Waals surface area contributed by atoms with E-state index in [1.807, 2.05) is 30.5 Å². The van der Waals surface area contributed by atoms with Crippen LogP contribution < -0.4 is 5.32 Å². The maximum atomic E-state index is 13.9. The molecule has 5 heterocycles. The molecular formula is C24H24FN5OS. The number of anilines is 1. The number of hydrogen-bond acceptors (Lipinski definition) is 7. The molecule has 6 nitrogen and oxygen atoms in total. The van der Waals surface area contributed by atoms with E-state index >= 15 is 0 Å². The maximum Gasteiger partial charge on any atom is 0.158 e. The molecule has 164 valence electrons. The molecule has 2 aliphatic rings. The minimum Gasteiger partial charge on any atom is -0.380 e. The van der Waals surface area contributed by atoms with Crippen LogP contribution in [-0.4, -0.2) is 58.5 Å². The molecular weight excluding hydrogens is 425 g/mol. The lowest BCUT2D eigenvalue weighted by atomic mass is 10.0. The molecule has 6 rings (SSSR count). The van der Waals surface area contributed by atoms with E-state index in [1.54, 1.807) is 11.6 Å². The van der Waals surface area contributed by atoms with E-state index in [2.05, 4.69) is 25.4 Å². The Hall–Kier alpha value is -2.68. The molecule has 0 amide bonds. The third-order valence-electron chi connectivity index (χ3n) is 6.60. The minimum atomic E-state index is -0.179. The average Bonchev–Trinajstić information content (AvgIpc) is 3.50. The van der Waals surface area contributed by atoms with E-state index in [1.165, 1.54) is 11.3 Å². The number of thiophene rings is 1. The summed E-state index contributed by atoms with van der Waals surface area (Å²) in [5.74, 6) is 0.594. The van der Waals surface area contributed by atoms with Gasteiger partial charge in [-0.2, -0.15) is 0 Å². The predicted octanol–water partition coefficient (Wildman–Crippen LogP) is 4.71. The quantitative estimate of drug-likeness (QED) is 0.487. The van der Waals surface area contributed by atoms with Crippen molar-refractivity contribution in [2.45, 2.75) is 31.3 Å². The van der Waals surface area contributed by atoms with E-state index in [9.17, 15) is 4.39 Å². The highest BCUT2D eigenvalue weighted by Crippen LogP contribution is 2.34. The van der Waals surface area contributed by atoms with Gasteiger partial charge in [0.05, 0.1) is 6.61 Å². The second-order valence-electron chi connectivity index (χ2n) is 8.61. The van der Waals surface area contributed by atoms with Gasteiger partial charge in [0.1, 0.15) is 11.5 Å². The van der Waals surface area contributed by atoms with Crippen molar-refractivity contribution in [2.75, 3.05) is 31.6 Å². The van der Waals surface area contributed by atoms with Gasteiger partial charge in [0.2, 0.25) is 0 Å². The molecule has 0 saturated carbocycles. The van der Waals surface area contributed by atoms with Crippen LogP contribution in [0.5, 0.6) is 0 Å². The third-order valence-corrected chi connectivity index (χ3v) is 7.52. The number of nitrogens with zero attached hydrogens (tertiary/aromatic N) is 4. The summed E-state index contributed by atoms with van der Waals surface area (Å²) in [7, 11) is 0. The molecule has 2 atom stereocenters. The smallest absolute Gasteiger partial charge is 0.158 e. The Bertz CT molecular complexity index is 1270.